The Bertz CT molecular complexity index is 1070. The number of methoxy groups -OCH3 is 1. The van der Waals surface area contributed by atoms with Crippen LogP contribution in [0.15, 0.2) is 45.9 Å². The lowest BCUT2D eigenvalue weighted by molar-refractivity contribution is -0.147. The van der Waals surface area contributed by atoms with Gasteiger partial charge in [0.1, 0.15) is 13.2 Å². The molecule has 0 atom stereocenters. The van der Waals surface area contributed by atoms with Gasteiger partial charge in [-0.05, 0) is 69.5 Å². The molecule has 2 aromatic rings. The van der Waals surface area contributed by atoms with E-state index in [1.165, 1.54) is 7.11 Å². The Kier molecular flexibility index (Phi) is 8.51. The van der Waals surface area contributed by atoms with Gasteiger partial charge >= 0.3 is 5.97 Å². The zero-order valence-corrected chi connectivity index (χ0v) is 20.8. The maximum Gasteiger partial charge on any atom is 0.326 e. The molecule has 1 saturated heterocycles. The molecular weight excluding hydrogens is 512 g/mol. The highest BCUT2D eigenvalue weighted by atomic mass is 79.9. The van der Waals surface area contributed by atoms with Crippen molar-refractivity contribution in [3.63, 3.8) is 0 Å². The number of thioether (sulfide) groups is 1. The molecule has 0 unspecified atom stereocenters. The third kappa shape index (κ3) is 6.58. The van der Waals surface area contributed by atoms with Gasteiger partial charge in [0.25, 0.3) is 11.1 Å². The van der Waals surface area contributed by atoms with Gasteiger partial charge in [0.2, 0.25) is 0 Å². The van der Waals surface area contributed by atoms with Crippen molar-refractivity contribution < 1.29 is 28.6 Å². The van der Waals surface area contributed by atoms with E-state index in [9.17, 15) is 14.4 Å². The number of pyridine rings is 1. The lowest BCUT2D eigenvalue weighted by atomic mass is 10.2. The van der Waals surface area contributed by atoms with Gasteiger partial charge in [-0.3, -0.25) is 24.3 Å². The second-order valence-corrected chi connectivity index (χ2v) is 9.34. The summed E-state index contributed by atoms with van der Waals surface area (Å²) in [7, 11) is 1.51. The van der Waals surface area contributed by atoms with Crippen LogP contribution in [0.4, 0.5) is 4.79 Å². The van der Waals surface area contributed by atoms with Gasteiger partial charge in [-0.25, -0.2) is 0 Å². The third-order valence-electron chi connectivity index (χ3n) is 4.38. The SMILES string of the molecule is COc1cc(/C=C2/SC(=O)N(CC(=O)OCC(C)C)C2=O)cc(Br)c1OCc1ccccn1. The predicted octanol–water partition coefficient (Wildman–Crippen LogP) is 4.67. The standard InChI is InChI=1S/C23H23BrN2O6S/c1-14(2)12-31-20(27)11-26-22(28)19(33-23(26)29)10-15-8-17(24)21(18(9-15)30-3)32-13-16-6-4-5-7-25-16/h4-10,14H,11-13H2,1-3H3/b19-10+. The van der Waals surface area contributed by atoms with Gasteiger partial charge in [0.05, 0.1) is 28.8 Å². The van der Waals surface area contributed by atoms with Crippen LogP contribution in [0.2, 0.25) is 0 Å². The number of hydrogen-bond donors (Lipinski definition) is 0. The van der Waals surface area contributed by atoms with Crippen LogP contribution in [0.5, 0.6) is 11.5 Å². The van der Waals surface area contributed by atoms with Crippen LogP contribution >= 0.6 is 27.7 Å². The molecule has 0 saturated carbocycles. The van der Waals surface area contributed by atoms with E-state index >= 15 is 0 Å². The van der Waals surface area contributed by atoms with E-state index in [1.807, 2.05) is 32.0 Å². The molecule has 2 amide bonds. The summed E-state index contributed by atoms with van der Waals surface area (Å²) in [6.07, 6.45) is 3.26. The van der Waals surface area contributed by atoms with E-state index < -0.39 is 23.7 Å². The van der Waals surface area contributed by atoms with Crippen molar-refractivity contribution in [1.82, 2.24) is 9.88 Å². The van der Waals surface area contributed by atoms with E-state index in [0.717, 1.165) is 22.4 Å². The molecule has 10 heteroatoms. The summed E-state index contributed by atoms with van der Waals surface area (Å²) in [4.78, 5) is 42.2. The highest BCUT2D eigenvalue weighted by Crippen LogP contribution is 2.39. The number of nitrogens with zero attached hydrogens (tertiary/aromatic N) is 2. The van der Waals surface area contributed by atoms with E-state index in [1.54, 1.807) is 24.4 Å². The number of hydrogen-bond acceptors (Lipinski definition) is 8. The second-order valence-electron chi connectivity index (χ2n) is 7.49. The van der Waals surface area contributed by atoms with E-state index in [2.05, 4.69) is 20.9 Å². The molecule has 8 nitrogen and oxygen atoms in total. The molecule has 0 aliphatic carbocycles. The third-order valence-corrected chi connectivity index (χ3v) is 5.87. The average Bonchev–Trinajstić information content (AvgIpc) is 3.04. The van der Waals surface area contributed by atoms with Crippen LogP contribution in [-0.2, 0) is 20.9 Å². The minimum Gasteiger partial charge on any atom is -0.493 e. The van der Waals surface area contributed by atoms with Gasteiger partial charge < -0.3 is 14.2 Å². The quantitative estimate of drug-likeness (QED) is 0.338. The van der Waals surface area contributed by atoms with Crippen molar-refractivity contribution >= 4 is 50.9 Å². The summed E-state index contributed by atoms with van der Waals surface area (Å²) in [5.74, 6) is -0.0689. The number of rotatable bonds is 9. The number of carbonyl (C=O) groups is 3. The molecule has 2 heterocycles. The van der Waals surface area contributed by atoms with Crippen molar-refractivity contribution in [1.29, 1.82) is 0 Å². The topological polar surface area (TPSA) is 95.0 Å². The number of amides is 2. The number of aromatic nitrogens is 1. The largest absolute Gasteiger partial charge is 0.493 e. The first-order chi connectivity index (χ1) is 15.8. The summed E-state index contributed by atoms with van der Waals surface area (Å²) in [6.45, 7) is 3.87. The Morgan fingerprint density at radius 1 is 1.27 bits per heavy atom. The molecule has 33 heavy (non-hydrogen) atoms. The maximum absolute atomic E-state index is 12.7. The number of halogens is 1. The monoisotopic (exact) mass is 534 g/mol. The zero-order chi connectivity index (χ0) is 24.0. The fourth-order valence-corrected chi connectivity index (χ4v) is 4.23. The fourth-order valence-electron chi connectivity index (χ4n) is 2.81. The normalized spacial score (nSPS) is 14.8. The number of imide groups is 1. The fraction of sp³-hybridized carbons (Fsp3) is 0.304. The summed E-state index contributed by atoms with van der Waals surface area (Å²) < 4.78 is 17.0. The molecule has 1 aromatic heterocycles. The Morgan fingerprint density at radius 3 is 2.73 bits per heavy atom. The van der Waals surface area contributed by atoms with Crippen molar-refractivity contribution in [3.8, 4) is 11.5 Å². The zero-order valence-electron chi connectivity index (χ0n) is 18.4. The molecular formula is C23H23BrN2O6S. The van der Waals surface area contributed by atoms with Crippen molar-refractivity contribution in [2.75, 3.05) is 20.3 Å². The minimum absolute atomic E-state index is 0.160. The minimum atomic E-state index is -0.619. The molecule has 3 rings (SSSR count). The Morgan fingerprint density at radius 2 is 2.06 bits per heavy atom. The highest BCUT2D eigenvalue weighted by molar-refractivity contribution is 9.10. The maximum atomic E-state index is 12.7. The molecule has 0 bridgehead atoms. The first kappa shape index (κ1) is 24.8. The summed E-state index contributed by atoms with van der Waals surface area (Å²) in [6, 6.07) is 9.00. The van der Waals surface area contributed by atoms with E-state index in [-0.39, 0.29) is 24.0 Å². The molecule has 1 fully saturated rings. The lowest BCUT2D eigenvalue weighted by Gasteiger charge is -2.14. The average molecular weight is 535 g/mol. The molecule has 0 N–H and O–H groups in total. The number of benzene rings is 1. The summed E-state index contributed by atoms with van der Waals surface area (Å²) in [5.41, 5.74) is 1.38. The summed E-state index contributed by atoms with van der Waals surface area (Å²) >= 11 is 4.25. The molecule has 1 aromatic carbocycles. The highest BCUT2D eigenvalue weighted by Gasteiger charge is 2.36. The van der Waals surface area contributed by atoms with Crippen LogP contribution in [0, 0.1) is 5.92 Å². The van der Waals surface area contributed by atoms with Gasteiger partial charge in [-0.2, -0.15) is 0 Å². The second kappa shape index (κ2) is 11.3. The predicted molar refractivity (Wildman–Crippen MR) is 128 cm³/mol. The lowest BCUT2D eigenvalue weighted by Crippen LogP contribution is -2.34. The van der Waals surface area contributed by atoms with Crippen LogP contribution in [0.3, 0.4) is 0 Å². The van der Waals surface area contributed by atoms with E-state index in [0.29, 0.717) is 21.5 Å². The van der Waals surface area contributed by atoms with Gasteiger partial charge in [-0.15, -0.1) is 0 Å². The van der Waals surface area contributed by atoms with Crippen LogP contribution in [-0.4, -0.2) is 47.3 Å². The molecule has 0 spiro atoms. The molecule has 1 aliphatic rings. The number of esters is 1. The van der Waals surface area contributed by atoms with Crippen LogP contribution < -0.4 is 9.47 Å². The Balaban J connectivity index is 1.74. The Labute approximate surface area is 204 Å². The van der Waals surface area contributed by atoms with Crippen LogP contribution in [0.25, 0.3) is 6.08 Å². The van der Waals surface area contributed by atoms with E-state index in [4.69, 9.17) is 14.2 Å². The first-order valence-corrected chi connectivity index (χ1v) is 11.7. The molecule has 0 radical (unpaired) electrons. The number of carbonyl (C=O) groups excluding carboxylic acids is 3. The summed E-state index contributed by atoms with van der Waals surface area (Å²) in [5, 5.41) is -0.519. The smallest absolute Gasteiger partial charge is 0.326 e. The van der Waals surface area contributed by atoms with Crippen LogP contribution in [0.1, 0.15) is 25.1 Å². The number of ether oxygens (including phenoxy) is 3. The molecule has 174 valence electrons. The Hall–Kier alpha value is -2.85. The first-order valence-electron chi connectivity index (χ1n) is 10.1. The van der Waals surface area contributed by atoms with Gasteiger partial charge in [0, 0.05) is 6.20 Å². The van der Waals surface area contributed by atoms with Gasteiger partial charge in [0.15, 0.2) is 11.5 Å². The van der Waals surface area contributed by atoms with Gasteiger partial charge in [-0.1, -0.05) is 19.9 Å². The van der Waals surface area contributed by atoms with Crippen molar-refractivity contribution in [2.24, 2.45) is 5.92 Å². The van der Waals surface area contributed by atoms with Crippen molar-refractivity contribution in [3.05, 3.63) is 57.2 Å². The van der Waals surface area contributed by atoms with Crippen molar-refractivity contribution in [2.45, 2.75) is 20.5 Å². The molecule has 1 aliphatic heterocycles.